The van der Waals surface area contributed by atoms with Crippen molar-refractivity contribution in [1.29, 1.82) is 0 Å². The molecular formula is C61H74O13S. The second-order valence-corrected chi connectivity index (χ2v) is 23.2. The fourth-order valence-electron chi connectivity index (χ4n) is 8.11. The van der Waals surface area contributed by atoms with Crippen LogP contribution in [-0.4, -0.2) is 91.7 Å². The minimum absolute atomic E-state index is 0.0814. The Bertz CT molecular complexity index is 2510. The molecule has 0 aliphatic carbocycles. The van der Waals surface area contributed by atoms with E-state index in [0.717, 1.165) is 27.1 Å². The maximum atomic E-state index is 14.2. The Balaban J connectivity index is 1.30. The summed E-state index contributed by atoms with van der Waals surface area (Å²) in [4.78, 5) is 43.0. The highest BCUT2D eigenvalue weighted by Crippen LogP contribution is 2.41. The number of hydrogen-bond acceptors (Lipinski definition) is 14. The molecule has 2 aliphatic heterocycles. The Hall–Kier alpha value is -5.42. The number of ether oxygens (including phenoxy) is 10. The van der Waals surface area contributed by atoms with E-state index in [2.05, 4.69) is 0 Å². The van der Waals surface area contributed by atoms with E-state index in [0.29, 0.717) is 6.61 Å². The number of hydrogen-bond donors (Lipinski definition) is 0. The number of carbonyl (C=O) groups excluding carboxylic acids is 3. The predicted octanol–water partition coefficient (Wildman–Crippen LogP) is 11.1. The van der Waals surface area contributed by atoms with Crippen LogP contribution in [-0.2, 0) is 88.2 Å². The summed E-state index contributed by atoms with van der Waals surface area (Å²) < 4.78 is 67.4. The van der Waals surface area contributed by atoms with Crippen LogP contribution in [0.1, 0.15) is 84.6 Å². The topological polar surface area (TPSA) is 144 Å². The van der Waals surface area contributed by atoms with E-state index in [1.54, 1.807) is 62.3 Å². The van der Waals surface area contributed by atoms with Gasteiger partial charge in [-0.3, -0.25) is 14.4 Å². The van der Waals surface area contributed by atoms with E-state index in [1.165, 1.54) is 11.8 Å². The van der Waals surface area contributed by atoms with E-state index in [-0.39, 0.29) is 33.0 Å². The highest BCUT2D eigenvalue weighted by Gasteiger charge is 2.56. The lowest BCUT2D eigenvalue weighted by Gasteiger charge is -2.48. The van der Waals surface area contributed by atoms with Crippen molar-refractivity contribution in [1.82, 2.24) is 0 Å². The maximum Gasteiger partial charge on any atom is 0.311 e. The van der Waals surface area contributed by atoms with Crippen molar-refractivity contribution in [3.05, 3.63) is 174 Å². The number of rotatable bonds is 21. The summed E-state index contributed by atoms with van der Waals surface area (Å²) >= 11 is 1.28. The second kappa shape index (κ2) is 26.6. The van der Waals surface area contributed by atoms with Crippen molar-refractivity contribution in [2.45, 2.75) is 154 Å². The molecule has 2 heterocycles. The molecule has 0 N–H and O–H groups in total. The first-order valence-electron chi connectivity index (χ1n) is 25.7. The molecule has 2 saturated heterocycles. The largest absolute Gasteiger partial charge is 0.455 e. The fourth-order valence-corrected chi connectivity index (χ4v) is 9.24. The summed E-state index contributed by atoms with van der Waals surface area (Å²) in [5.74, 6) is -1.77. The normalized spacial score (nSPS) is 24.2. The van der Waals surface area contributed by atoms with Gasteiger partial charge >= 0.3 is 17.9 Å². The number of carbonyl (C=O) groups is 3. The molecule has 0 saturated carbocycles. The Morgan fingerprint density at radius 3 is 1.23 bits per heavy atom. The minimum Gasteiger partial charge on any atom is -0.455 e. The summed E-state index contributed by atoms with van der Waals surface area (Å²) in [6.07, 6.45) is -9.54. The zero-order chi connectivity index (χ0) is 53.6. The number of thioether (sulfide) groups is 1. The molecule has 0 radical (unpaired) electrons. The third kappa shape index (κ3) is 16.8. The predicted molar refractivity (Wildman–Crippen MR) is 285 cm³/mol. The summed E-state index contributed by atoms with van der Waals surface area (Å²) in [5, 5.41) is 0. The Morgan fingerprint density at radius 1 is 0.400 bits per heavy atom. The first kappa shape index (κ1) is 57.3. The molecule has 13 nitrogen and oxygen atoms in total. The molecule has 10 atom stereocenters. The van der Waals surface area contributed by atoms with Gasteiger partial charge in [0, 0.05) is 4.90 Å². The standard InChI is InChI=1S/C61H74O13S/c1-59(2,3)56(62)72-49-47(71-55(75-45-33-23-14-24-34-45)53(74-58(64)61(7,8)9)51(49)73-57(63)60(4,5)6)40-69-54-52(68-38-44-31-21-13-22-32-44)50(67-37-43-29-19-12-20-30-43)48(66-36-42-27-17-11-18-28-42)46(70-54)39-65-35-41-25-15-10-16-26-41/h10-34,46-55H,35-40H2,1-9H3/t46-,47-,48-,49-,50+,51+,52-,53-,54-,55+/m1/s1. The molecule has 0 unspecified atom stereocenters. The van der Waals surface area contributed by atoms with Crippen LogP contribution < -0.4 is 0 Å². The fraction of sp³-hybridized carbons (Fsp3) is 0.459. The zero-order valence-corrected chi connectivity index (χ0v) is 45.5. The van der Waals surface area contributed by atoms with E-state index in [9.17, 15) is 14.4 Å². The molecule has 0 aromatic heterocycles. The second-order valence-electron chi connectivity index (χ2n) is 22.0. The maximum absolute atomic E-state index is 14.2. The lowest BCUT2D eigenvalue weighted by atomic mass is 9.93. The zero-order valence-electron chi connectivity index (χ0n) is 44.7. The van der Waals surface area contributed by atoms with Gasteiger partial charge in [-0.05, 0) is 96.7 Å². The average molecular weight is 1050 g/mol. The molecule has 0 bridgehead atoms. The lowest BCUT2D eigenvalue weighted by Crippen LogP contribution is -2.64. The SMILES string of the molecule is CC(C)(C)C(=O)O[C@@H]1[C@@H](OC(=O)C(C)(C)C)[C@H](Sc2ccccc2)O[C@H](CO[C@@H]2O[C@H](COCc3ccccc3)[C@@H](OCc3ccccc3)[C@H](OCc3ccccc3)[C@H]2OCc2ccccc2)[C@H]1OC(=O)C(C)(C)C. The average Bonchev–Trinajstić information content (AvgIpc) is 3.39. The van der Waals surface area contributed by atoms with Crippen molar-refractivity contribution in [3.63, 3.8) is 0 Å². The van der Waals surface area contributed by atoms with Crippen LogP contribution in [0.15, 0.2) is 157 Å². The summed E-state index contributed by atoms with van der Waals surface area (Å²) in [5.41, 5.74) is -0.217. The monoisotopic (exact) mass is 1050 g/mol. The molecule has 0 spiro atoms. The molecule has 5 aromatic rings. The van der Waals surface area contributed by atoms with Crippen molar-refractivity contribution >= 4 is 29.7 Å². The van der Waals surface area contributed by atoms with Crippen LogP contribution in [0.2, 0.25) is 0 Å². The smallest absolute Gasteiger partial charge is 0.311 e. The van der Waals surface area contributed by atoms with Gasteiger partial charge in [-0.15, -0.1) is 0 Å². The molecule has 402 valence electrons. The first-order chi connectivity index (χ1) is 35.8. The van der Waals surface area contributed by atoms with Crippen LogP contribution in [0.5, 0.6) is 0 Å². The minimum atomic E-state index is -1.35. The van der Waals surface area contributed by atoms with Gasteiger partial charge in [0.05, 0.1) is 55.9 Å². The number of esters is 3. The van der Waals surface area contributed by atoms with Gasteiger partial charge < -0.3 is 47.4 Å². The van der Waals surface area contributed by atoms with Crippen molar-refractivity contribution in [2.75, 3.05) is 13.2 Å². The molecule has 2 fully saturated rings. The van der Waals surface area contributed by atoms with Crippen molar-refractivity contribution < 1.29 is 61.8 Å². The highest BCUT2D eigenvalue weighted by molar-refractivity contribution is 7.99. The van der Waals surface area contributed by atoms with Gasteiger partial charge in [-0.2, -0.15) is 0 Å². The lowest BCUT2D eigenvalue weighted by molar-refractivity contribution is -0.335. The summed E-state index contributed by atoms with van der Waals surface area (Å²) in [6.45, 7) is 16.2. The van der Waals surface area contributed by atoms with Gasteiger partial charge in [-0.1, -0.05) is 151 Å². The Morgan fingerprint density at radius 2 is 0.773 bits per heavy atom. The molecule has 0 amide bonds. The quantitative estimate of drug-likeness (QED) is 0.0508. The third-order valence-electron chi connectivity index (χ3n) is 12.4. The summed E-state index contributed by atoms with van der Waals surface area (Å²) in [7, 11) is 0. The molecule has 75 heavy (non-hydrogen) atoms. The van der Waals surface area contributed by atoms with Gasteiger partial charge in [0.1, 0.15) is 36.0 Å². The highest BCUT2D eigenvalue weighted by atomic mass is 32.2. The van der Waals surface area contributed by atoms with Gasteiger partial charge in [0.15, 0.2) is 24.6 Å². The van der Waals surface area contributed by atoms with Crippen LogP contribution in [0.25, 0.3) is 0 Å². The van der Waals surface area contributed by atoms with Gasteiger partial charge in [0.25, 0.3) is 0 Å². The molecule has 5 aromatic carbocycles. The van der Waals surface area contributed by atoms with E-state index >= 15 is 0 Å². The molecule has 2 aliphatic rings. The van der Waals surface area contributed by atoms with E-state index < -0.39 is 94.7 Å². The van der Waals surface area contributed by atoms with Gasteiger partial charge in [0.2, 0.25) is 0 Å². The number of benzene rings is 5. The van der Waals surface area contributed by atoms with Crippen LogP contribution in [0, 0.1) is 16.2 Å². The Labute approximate surface area is 447 Å². The van der Waals surface area contributed by atoms with Crippen molar-refractivity contribution in [3.8, 4) is 0 Å². The van der Waals surface area contributed by atoms with Gasteiger partial charge in [-0.25, -0.2) is 0 Å². The first-order valence-corrected chi connectivity index (χ1v) is 26.6. The molecular weight excluding hydrogens is 973 g/mol. The Kier molecular flexibility index (Phi) is 20.3. The summed E-state index contributed by atoms with van der Waals surface area (Å²) in [6, 6.07) is 48.8. The van der Waals surface area contributed by atoms with Crippen molar-refractivity contribution in [2.24, 2.45) is 16.2 Å². The van der Waals surface area contributed by atoms with Crippen LogP contribution in [0.3, 0.4) is 0 Å². The molecule has 7 rings (SSSR count). The molecule has 14 heteroatoms. The van der Waals surface area contributed by atoms with Crippen LogP contribution >= 0.6 is 11.8 Å². The third-order valence-corrected chi connectivity index (χ3v) is 13.6. The van der Waals surface area contributed by atoms with E-state index in [1.807, 2.05) is 152 Å². The van der Waals surface area contributed by atoms with E-state index in [4.69, 9.17) is 47.4 Å². The van der Waals surface area contributed by atoms with Crippen LogP contribution in [0.4, 0.5) is 0 Å².